The number of ether oxygens (including phenoxy) is 1. The second-order valence-electron chi connectivity index (χ2n) is 6.56. The van der Waals surface area contributed by atoms with Gasteiger partial charge in [0.2, 0.25) is 11.8 Å². The van der Waals surface area contributed by atoms with Crippen LogP contribution in [0, 0.1) is 0 Å². The number of rotatable bonds is 6. The molecule has 0 radical (unpaired) electrons. The van der Waals surface area contributed by atoms with Crippen molar-refractivity contribution in [3.05, 3.63) is 29.3 Å². The molecule has 1 aromatic rings. The molecule has 0 aromatic heterocycles. The molecule has 2 amide bonds. The molecule has 0 atom stereocenters. The second-order valence-corrected chi connectivity index (χ2v) is 6.97. The van der Waals surface area contributed by atoms with Crippen molar-refractivity contribution in [1.82, 2.24) is 20.0 Å². The van der Waals surface area contributed by atoms with Crippen molar-refractivity contribution < 1.29 is 14.3 Å². The van der Waals surface area contributed by atoms with E-state index in [-0.39, 0.29) is 18.4 Å². The van der Waals surface area contributed by atoms with Crippen molar-refractivity contribution in [3.63, 3.8) is 0 Å². The Morgan fingerprint density at radius 1 is 1.12 bits per heavy atom. The van der Waals surface area contributed by atoms with E-state index in [1.807, 2.05) is 24.3 Å². The number of para-hydroxylation sites is 1. The zero-order valence-electron chi connectivity index (χ0n) is 14.8. The second kappa shape index (κ2) is 9.21. The van der Waals surface area contributed by atoms with Gasteiger partial charge in [-0.3, -0.25) is 19.4 Å². The van der Waals surface area contributed by atoms with Crippen molar-refractivity contribution in [2.45, 2.75) is 0 Å². The van der Waals surface area contributed by atoms with Gasteiger partial charge in [-0.25, -0.2) is 0 Å². The zero-order valence-corrected chi connectivity index (χ0v) is 15.6. The Bertz CT molecular complexity index is 635. The van der Waals surface area contributed by atoms with Crippen LogP contribution in [-0.4, -0.2) is 92.0 Å². The molecule has 7 nitrogen and oxygen atoms in total. The lowest BCUT2D eigenvalue weighted by Crippen LogP contribution is -2.54. The van der Waals surface area contributed by atoms with E-state index in [0.717, 1.165) is 32.7 Å². The van der Waals surface area contributed by atoms with E-state index in [1.165, 1.54) is 0 Å². The lowest BCUT2D eigenvalue weighted by Gasteiger charge is -2.35. The quantitative estimate of drug-likeness (QED) is 0.768. The maximum Gasteiger partial charge on any atom is 0.239 e. The minimum Gasteiger partial charge on any atom is -0.491 e. The van der Waals surface area contributed by atoms with E-state index in [1.54, 1.807) is 4.90 Å². The normalized spacial score (nSPS) is 19.3. The molecule has 2 aliphatic heterocycles. The maximum atomic E-state index is 12.3. The zero-order chi connectivity index (χ0) is 18.4. The number of benzene rings is 1. The summed E-state index contributed by atoms with van der Waals surface area (Å²) < 4.78 is 5.73. The van der Waals surface area contributed by atoms with E-state index in [4.69, 9.17) is 16.3 Å². The third-order valence-electron chi connectivity index (χ3n) is 4.72. The average molecular weight is 381 g/mol. The van der Waals surface area contributed by atoms with Crippen molar-refractivity contribution in [3.8, 4) is 5.75 Å². The molecule has 1 aromatic carbocycles. The van der Waals surface area contributed by atoms with Crippen LogP contribution in [0.15, 0.2) is 24.3 Å². The highest BCUT2D eigenvalue weighted by Gasteiger charge is 2.24. The van der Waals surface area contributed by atoms with E-state index in [2.05, 4.69) is 15.1 Å². The summed E-state index contributed by atoms with van der Waals surface area (Å²) in [6.45, 7) is 6.63. The number of carbonyl (C=O) groups excluding carboxylic acids is 2. The summed E-state index contributed by atoms with van der Waals surface area (Å²) in [5.41, 5.74) is 0. The average Bonchev–Trinajstić information content (AvgIpc) is 2.65. The molecule has 0 aliphatic carbocycles. The Morgan fingerprint density at radius 3 is 2.58 bits per heavy atom. The first-order chi connectivity index (χ1) is 12.6. The SMILES string of the molecule is O=C1CN(C(=O)CN2CCN(CCOc3ccccc3Cl)CC2)CCN1. The number of amides is 2. The van der Waals surface area contributed by atoms with Gasteiger partial charge in [0.1, 0.15) is 12.4 Å². The topological polar surface area (TPSA) is 65.1 Å². The van der Waals surface area contributed by atoms with Gasteiger partial charge >= 0.3 is 0 Å². The molecule has 2 aliphatic rings. The summed E-state index contributed by atoms with van der Waals surface area (Å²) in [5, 5.41) is 3.36. The van der Waals surface area contributed by atoms with Crippen LogP contribution in [0.5, 0.6) is 5.75 Å². The molecule has 3 rings (SSSR count). The number of nitrogens with zero attached hydrogens (tertiary/aromatic N) is 3. The molecular weight excluding hydrogens is 356 g/mol. The smallest absolute Gasteiger partial charge is 0.239 e. The molecule has 142 valence electrons. The van der Waals surface area contributed by atoms with Crippen LogP contribution in [0.2, 0.25) is 5.02 Å². The van der Waals surface area contributed by atoms with Gasteiger partial charge in [-0.05, 0) is 12.1 Å². The highest BCUT2D eigenvalue weighted by molar-refractivity contribution is 6.32. The molecular formula is C18H25ClN4O3. The van der Waals surface area contributed by atoms with Gasteiger partial charge in [-0.2, -0.15) is 0 Å². The molecule has 0 saturated carbocycles. The van der Waals surface area contributed by atoms with Gasteiger partial charge < -0.3 is 15.0 Å². The van der Waals surface area contributed by atoms with E-state index >= 15 is 0 Å². The predicted molar refractivity (Wildman–Crippen MR) is 99.4 cm³/mol. The molecule has 2 fully saturated rings. The monoisotopic (exact) mass is 380 g/mol. The molecule has 0 unspecified atom stereocenters. The Balaban J connectivity index is 1.34. The first kappa shape index (κ1) is 18.9. The Kier molecular flexibility index (Phi) is 6.71. The van der Waals surface area contributed by atoms with Crippen molar-refractivity contribution in [1.29, 1.82) is 0 Å². The van der Waals surface area contributed by atoms with E-state index < -0.39 is 0 Å². The lowest BCUT2D eigenvalue weighted by atomic mass is 10.3. The third-order valence-corrected chi connectivity index (χ3v) is 5.03. The van der Waals surface area contributed by atoms with Crippen LogP contribution in [0.25, 0.3) is 0 Å². The maximum absolute atomic E-state index is 12.3. The number of halogens is 1. The lowest BCUT2D eigenvalue weighted by molar-refractivity contribution is -0.139. The molecule has 26 heavy (non-hydrogen) atoms. The first-order valence-electron chi connectivity index (χ1n) is 8.98. The Labute approximate surface area is 158 Å². The number of piperazine rings is 2. The van der Waals surface area contributed by atoms with Gasteiger partial charge in [0.25, 0.3) is 0 Å². The van der Waals surface area contributed by atoms with Gasteiger partial charge in [-0.1, -0.05) is 23.7 Å². The summed E-state index contributed by atoms with van der Waals surface area (Å²) in [6, 6.07) is 7.47. The fourth-order valence-electron chi connectivity index (χ4n) is 3.16. The summed E-state index contributed by atoms with van der Waals surface area (Å²) in [4.78, 5) is 29.8. The number of carbonyl (C=O) groups is 2. The van der Waals surface area contributed by atoms with Crippen LogP contribution in [-0.2, 0) is 9.59 Å². The van der Waals surface area contributed by atoms with E-state index in [9.17, 15) is 9.59 Å². The van der Waals surface area contributed by atoms with Crippen molar-refractivity contribution in [2.75, 3.05) is 65.5 Å². The highest BCUT2D eigenvalue weighted by Crippen LogP contribution is 2.22. The first-order valence-corrected chi connectivity index (χ1v) is 9.36. The minimum absolute atomic E-state index is 0.0374. The molecule has 1 N–H and O–H groups in total. The molecule has 8 heteroatoms. The molecule has 2 saturated heterocycles. The van der Waals surface area contributed by atoms with Gasteiger partial charge in [0.05, 0.1) is 18.1 Å². The Hall–Kier alpha value is -1.83. The minimum atomic E-state index is -0.0760. The van der Waals surface area contributed by atoms with Crippen LogP contribution >= 0.6 is 11.6 Å². The van der Waals surface area contributed by atoms with Crippen LogP contribution in [0.4, 0.5) is 0 Å². The predicted octanol–water partition coefficient (Wildman–Crippen LogP) is 0.295. The summed E-state index contributed by atoms with van der Waals surface area (Å²) in [7, 11) is 0. The number of hydrogen-bond donors (Lipinski definition) is 1. The number of hydrogen-bond acceptors (Lipinski definition) is 5. The van der Waals surface area contributed by atoms with Gasteiger partial charge in [0.15, 0.2) is 0 Å². The van der Waals surface area contributed by atoms with Crippen molar-refractivity contribution in [2.24, 2.45) is 0 Å². The van der Waals surface area contributed by atoms with Gasteiger partial charge in [-0.15, -0.1) is 0 Å². The largest absolute Gasteiger partial charge is 0.491 e. The van der Waals surface area contributed by atoms with Crippen LogP contribution < -0.4 is 10.1 Å². The van der Waals surface area contributed by atoms with Crippen LogP contribution in [0.1, 0.15) is 0 Å². The highest BCUT2D eigenvalue weighted by atomic mass is 35.5. The fraction of sp³-hybridized carbons (Fsp3) is 0.556. The van der Waals surface area contributed by atoms with Gasteiger partial charge in [0, 0.05) is 45.8 Å². The van der Waals surface area contributed by atoms with Crippen molar-refractivity contribution >= 4 is 23.4 Å². The molecule has 0 bridgehead atoms. The summed E-state index contributed by atoms with van der Waals surface area (Å²) in [6.07, 6.45) is 0. The van der Waals surface area contributed by atoms with Crippen LogP contribution in [0.3, 0.4) is 0 Å². The fourth-order valence-corrected chi connectivity index (χ4v) is 3.35. The molecule has 0 spiro atoms. The Morgan fingerprint density at radius 2 is 1.85 bits per heavy atom. The summed E-state index contributed by atoms with van der Waals surface area (Å²) >= 11 is 6.08. The molecule has 2 heterocycles. The third kappa shape index (κ3) is 5.33. The van der Waals surface area contributed by atoms with E-state index in [0.29, 0.717) is 37.0 Å². The number of nitrogens with one attached hydrogen (secondary N) is 1. The standard InChI is InChI=1S/C18H25ClN4O3/c19-15-3-1-2-4-16(15)26-12-11-21-7-9-22(10-8-21)14-18(25)23-6-5-20-17(24)13-23/h1-4H,5-14H2,(H,20,24). The summed E-state index contributed by atoms with van der Waals surface area (Å²) in [5.74, 6) is 0.673.